The number of likely N-dealkylation sites (N-methyl/N-ethyl adjacent to an activating group) is 2. The number of nitrogens with zero attached hydrogens (tertiary/aromatic N) is 1. The molecule has 0 fully saturated rings. The molecule has 0 aliphatic rings. The summed E-state index contributed by atoms with van der Waals surface area (Å²) in [5.74, 6) is -0.0851. The minimum absolute atomic E-state index is 0.00167. The summed E-state index contributed by atoms with van der Waals surface area (Å²) in [5, 5.41) is 5.54. The lowest BCUT2D eigenvalue weighted by atomic mass is 10.3. The highest BCUT2D eigenvalue weighted by Crippen LogP contribution is 1.90. The Hall–Kier alpha value is -1.10. The number of hydrogen-bond acceptors (Lipinski definition) is 3. The van der Waals surface area contributed by atoms with E-state index in [0.717, 1.165) is 0 Å². The van der Waals surface area contributed by atoms with Crippen molar-refractivity contribution in [3.8, 4) is 0 Å². The maximum absolute atomic E-state index is 11.6. The first-order chi connectivity index (χ1) is 7.02. The van der Waals surface area contributed by atoms with Gasteiger partial charge in [0.25, 0.3) is 0 Å². The van der Waals surface area contributed by atoms with Crippen LogP contribution in [0, 0.1) is 0 Å². The Morgan fingerprint density at radius 2 is 1.93 bits per heavy atom. The zero-order valence-electron chi connectivity index (χ0n) is 9.96. The van der Waals surface area contributed by atoms with E-state index in [-0.39, 0.29) is 24.4 Å². The van der Waals surface area contributed by atoms with Crippen LogP contribution in [0.4, 0.5) is 0 Å². The molecule has 15 heavy (non-hydrogen) atoms. The van der Waals surface area contributed by atoms with Crippen molar-refractivity contribution in [2.75, 3.05) is 26.7 Å². The van der Waals surface area contributed by atoms with Crippen LogP contribution in [0.5, 0.6) is 0 Å². The van der Waals surface area contributed by atoms with Gasteiger partial charge in [0.15, 0.2) is 0 Å². The van der Waals surface area contributed by atoms with Crippen LogP contribution >= 0.6 is 0 Å². The number of carbonyl (C=O) groups is 2. The third-order valence-electron chi connectivity index (χ3n) is 2.16. The summed E-state index contributed by atoms with van der Waals surface area (Å²) in [7, 11) is 1.74. The lowest BCUT2D eigenvalue weighted by Gasteiger charge is -2.20. The van der Waals surface area contributed by atoms with Gasteiger partial charge in [0.05, 0.1) is 12.6 Å². The quantitative estimate of drug-likeness (QED) is 0.632. The van der Waals surface area contributed by atoms with Gasteiger partial charge in [-0.05, 0) is 20.8 Å². The Bertz CT molecular complexity index is 219. The molecule has 0 rings (SSSR count). The van der Waals surface area contributed by atoms with Crippen molar-refractivity contribution >= 4 is 11.8 Å². The Labute approximate surface area is 91.2 Å². The Morgan fingerprint density at radius 1 is 1.33 bits per heavy atom. The normalized spacial score (nSPS) is 12.0. The van der Waals surface area contributed by atoms with Gasteiger partial charge in [-0.2, -0.15) is 0 Å². The van der Waals surface area contributed by atoms with E-state index in [0.29, 0.717) is 13.1 Å². The van der Waals surface area contributed by atoms with E-state index in [2.05, 4.69) is 10.6 Å². The van der Waals surface area contributed by atoms with Crippen LogP contribution < -0.4 is 10.6 Å². The highest BCUT2D eigenvalue weighted by Gasteiger charge is 2.16. The lowest BCUT2D eigenvalue weighted by Crippen LogP contribution is -2.46. The van der Waals surface area contributed by atoms with E-state index in [1.165, 1.54) is 0 Å². The van der Waals surface area contributed by atoms with Crippen molar-refractivity contribution in [3.63, 3.8) is 0 Å². The molecule has 1 atom stereocenters. The second-order valence-electron chi connectivity index (χ2n) is 3.41. The molecule has 0 aromatic rings. The lowest BCUT2D eigenvalue weighted by molar-refractivity contribution is -0.131. The monoisotopic (exact) mass is 215 g/mol. The Morgan fingerprint density at radius 3 is 2.40 bits per heavy atom. The number of rotatable bonds is 6. The Balaban J connectivity index is 3.87. The fraction of sp³-hybridized carbons (Fsp3) is 0.800. The maximum Gasteiger partial charge on any atom is 0.239 e. The summed E-state index contributed by atoms with van der Waals surface area (Å²) in [4.78, 5) is 24.3. The topological polar surface area (TPSA) is 61.4 Å². The molecule has 0 bridgehead atoms. The highest BCUT2D eigenvalue weighted by atomic mass is 16.2. The summed E-state index contributed by atoms with van der Waals surface area (Å²) in [6, 6.07) is -0.322. The molecule has 2 N–H and O–H groups in total. The second kappa shape index (κ2) is 7.23. The van der Waals surface area contributed by atoms with Crippen molar-refractivity contribution in [3.05, 3.63) is 0 Å². The number of hydrogen-bond donors (Lipinski definition) is 2. The van der Waals surface area contributed by atoms with Crippen LogP contribution in [-0.2, 0) is 9.59 Å². The zero-order chi connectivity index (χ0) is 11.8. The fourth-order valence-corrected chi connectivity index (χ4v) is 1.08. The van der Waals surface area contributed by atoms with Crippen LogP contribution in [0.15, 0.2) is 0 Å². The van der Waals surface area contributed by atoms with E-state index in [1.807, 2.05) is 13.8 Å². The molecule has 5 heteroatoms. The van der Waals surface area contributed by atoms with E-state index in [1.54, 1.807) is 18.9 Å². The molecule has 0 heterocycles. The second-order valence-corrected chi connectivity index (χ2v) is 3.41. The summed E-state index contributed by atoms with van der Waals surface area (Å²) < 4.78 is 0. The third kappa shape index (κ3) is 5.37. The number of carbonyl (C=O) groups excluding carboxylic acids is 2. The molecule has 0 aliphatic carbocycles. The van der Waals surface area contributed by atoms with Crippen LogP contribution in [-0.4, -0.2) is 49.4 Å². The van der Waals surface area contributed by atoms with Crippen molar-refractivity contribution in [1.29, 1.82) is 0 Å². The molecule has 0 aromatic heterocycles. The molecular weight excluding hydrogens is 194 g/mol. The van der Waals surface area contributed by atoms with Gasteiger partial charge in [-0.3, -0.25) is 14.9 Å². The average Bonchev–Trinajstić information content (AvgIpc) is 2.24. The van der Waals surface area contributed by atoms with Crippen LogP contribution in [0.3, 0.4) is 0 Å². The maximum atomic E-state index is 11.6. The van der Waals surface area contributed by atoms with E-state index >= 15 is 0 Å². The van der Waals surface area contributed by atoms with Crippen molar-refractivity contribution in [2.24, 2.45) is 0 Å². The SMILES string of the molecule is CCNC(=O)CNC(C)C(=O)N(C)CC. The highest BCUT2D eigenvalue weighted by molar-refractivity contribution is 5.83. The number of amides is 2. The molecule has 0 aliphatic heterocycles. The molecule has 88 valence electrons. The molecule has 1 unspecified atom stereocenters. The summed E-state index contributed by atoms with van der Waals surface area (Å²) in [6.07, 6.45) is 0. The van der Waals surface area contributed by atoms with Crippen molar-refractivity contribution in [2.45, 2.75) is 26.8 Å². The fourth-order valence-electron chi connectivity index (χ4n) is 1.08. The van der Waals surface area contributed by atoms with E-state index in [9.17, 15) is 9.59 Å². The molecule has 0 saturated carbocycles. The molecule has 5 nitrogen and oxygen atoms in total. The molecular formula is C10H21N3O2. The van der Waals surface area contributed by atoms with Gasteiger partial charge in [0.2, 0.25) is 11.8 Å². The summed E-state index contributed by atoms with van der Waals surface area (Å²) in [5.41, 5.74) is 0. The minimum atomic E-state index is -0.322. The summed E-state index contributed by atoms with van der Waals surface area (Å²) in [6.45, 7) is 6.99. The average molecular weight is 215 g/mol. The first kappa shape index (κ1) is 13.9. The van der Waals surface area contributed by atoms with E-state index in [4.69, 9.17) is 0 Å². The van der Waals surface area contributed by atoms with Gasteiger partial charge in [-0.15, -0.1) is 0 Å². The largest absolute Gasteiger partial charge is 0.355 e. The van der Waals surface area contributed by atoms with Crippen molar-refractivity contribution < 1.29 is 9.59 Å². The minimum Gasteiger partial charge on any atom is -0.355 e. The third-order valence-corrected chi connectivity index (χ3v) is 2.16. The predicted molar refractivity (Wildman–Crippen MR) is 59.5 cm³/mol. The number of nitrogens with one attached hydrogen (secondary N) is 2. The molecule has 0 spiro atoms. The van der Waals surface area contributed by atoms with Gasteiger partial charge < -0.3 is 10.2 Å². The van der Waals surface area contributed by atoms with E-state index < -0.39 is 0 Å². The summed E-state index contributed by atoms with van der Waals surface area (Å²) >= 11 is 0. The first-order valence-electron chi connectivity index (χ1n) is 5.27. The predicted octanol–water partition coefficient (Wildman–Crippen LogP) is -0.421. The smallest absolute Gasteiger partial charge is 0.239 e. The molecule has 0 saturated heterocycles. The standard InChI is InChI=1S/C10H21N3O2/c1-5-11-9(14)7-12-8(3)10(15)13(4)6-2/h8,12H,5-7H2,1-4H3,(H,11,14). The first-order valence-corrected chi connectivity index (χ1v) is 5.27. The Kier molecular flexibility index (Phi) is 6.70. The van der Waals surface area contributed by atoms with Crippen molar-refractivity contribution in [1.82, 2.24) is 15.5 Å². The van der Waals surface area contributed by atoms with Crippen LogP contribution in [0.2, 0.25) is 0 Å². The molecule has 2 amide bonds. The zero-order valence-corrected chi connectivity index (χ0v) is 9.96. The van der Waals surface area contributed by atoms with Gasteiger partial charge in [-0.25, -0.2) is 0 Å². The van der Waals surface area contributed by atoms with Gasteiger partial charge in [-0.1, -0.05) is 0 Å². The van der Waals surface area contributed by atoms with Crippen LogP contribution in [0.1, 0.15) is 20.8 Å². The van der Waals surface area contributed by atoms with Gasteiger partial charge in [0, 0.05) is 20.1 Å². The van der Waals surface area contributed by atoms with Gasteiger partial charge >= 0.3 is 0 Å². The van der Waals surface area contributed by atoms with Crippen LogP contribution in [0.25, 0.3) is 0 Å². The molecule has 0 aromatic carbocycles. The van der Waals surface area contributed by atoms with Gasteiger partial charge in [0.1, 0.15) is 0 Å². The molecule has 0 radical (unpaired) electrons.